The number of carbonyl (C=O) groups is 1. The molecule has 1 aliphatic carbocycles. The lowest BCUT2D eigenvalue weighted by Crippen LogP contribution is -2.55. The first-order valence-corrected chi connectivity index (χ1v) is 11.8. The third kappa shape index (κ3) is 6.22. The Morgan fingerprint density at radius 2 is 1.94 bits per heavy atom. The maximum atomic E-state index is 15.5. The molecule has 36 heavy (non-hydrogen) atoms. The van der Waals surface area contributed by atoms with Gasteiger partial charge in [0.15, 0.2) is 11.6 Å². The van der Waals surface area contributed by atoms with Crippen LogP contribution in [0, 0.1) is 11.7 Å². The predicted octanol–water partition coefficient (Wildman–Crippen LogP) is 2.77. The molecular weight excluding hydrogens is 480 g/mol. The van der Waals surface area contributed by atoms with E-state index >= 15 is 4.39 Å². The number of primary amides is 1. The fraction of sp³-hybridized carbons (Fsp3) is 0.542. The minimum Gasteiger partial charge on any atom is -0.388 e. The Balaban J connectivity index is 1.45. The van der Waals surface area contributed by atoms with Crippen LogP contribution in [0.25, 0.3) is 0 Å². The highest BCUT2D eigenvalue weighted by molar-refractivity contribution is 5.75. The normalized spacial score (nSPS) is 22.9. The molecule has 8 nitrogen and oxygen atoms in total. The predicted molar refractivity (Wildman–Crippen MR) is 125 cm³/mol. The van der Waals surface area contributed by atoms with Crippen molar-refractivity contribution in [1.82, 2.24) is 14.9 Å². The van der Waals surface area contributed by atoms with E-state index in [1.807, 2.05) is 0 Å². The van der Waals surface area contributed by atoms with Crippen molar-refractivity contribution in [2.24, 2.45) is 11.7 Å². The third-order valence-electron chi connectivity index (χ3n) is 6.78. The summed E-state index contributed by atoms with van der Waals surface area (Å²) in [6, 6.07) is 4.86. The summed E-state index contributed by atoms with van der Waals surface area (Å²) in [6.45, 7) is 3.05. The molecule has 2 aliphatic rings. The Kier molecular flexibility index (Phi) is 7.37. The Morgan fingerprint density at radius 3 is 2.53 bits per heavy atom. The lowest BCUT2D eigenvalue weighted by atomic mass is 9.82. The van der Waals surface area contributed by atoms with Gasteiger partial charge in [0, 0.05) is 31.6 Å². The average molecular weight is 511 g/mol. The number of nitrogens with zero attached hydrogens (tertiary/aromatic N) is 4. The summed E-state index contributed by atoms with van der Waals surface area (Å²) >= 11 is 0. The quantitative estimate of drug-likeness (QED) is 0.446. The van der Waals surface area contributed by atoms with Crippen LogP contribution in [-0.4, -0.2) is 63.7 Å². The molecule has 196 valence electrons. The molecule has 4 rings (SSSR count). The first-order chi connectivity index (χ1) is 16.9. The number of likely N-dealkylation sites (tertiary alicyclic amines) is 1. The van der Waals surface area contributed by atoms with Gasteiger partial charge >= 0.3 is 6.18 Å². The molecule has 0 bridgehead atoms. The van der Waals surface area contributed by atoms with Crippen molar-refractivity contribution in [3.05, 3.63) is 47.5 Å². The minimum atomic E-state index is -4.42. The number of rotatable bonds is 9. The van der Waals surface area contributed by atoms with Crippen LogP contribution in [-0.2, 0) is 17.5 Å². The van der Waals surface area contributed by atoms with E-state index < -0.39 is 29.1 Å². The van der Waals surface area contributed by atoms with Crippen LogP contribution in [0.4, 0.5) is 29.2 Å². The number of piperidine rings is 1. The molecule has 1 saturated heterocycles. The molecule has 4 N–H and O–H groups in total. The molecule has 1 aromatic heterocycles. The van der Waals surface area contributed by atoms with E-state index in [2.05, 4.69) is 15.3 Å². The number of benzene rings is 1. The standard InChI is InChI=1S/C24H30F4N6O2/c1-23(36)13-33(12-19(29)35)9-8-17(23)10-30-21-20(25)22(32-14-31-21)34(18-6-7-18)11-15-2-4-16(5-3-15)24(26,27)28/h2-5,14,17-18,36H,6-13H2,1H3,(H2,29,35)(H,30,31,32)/t17?,23-/m0/s1. The lowest BCUT2D eigenvalue weighted by molar-refractivity contribution is -0.137. The minimum absolute atomic E-state index is 0.00608. The van der Waals surface area contributed by atoms with Crippen LogP contribution in [0.5, 0.6) is 0 Å². The number of halogens is 4. The monoisotopic (exact) mass is 510 g/mol. The zero-order valence-corrected chi connectivity index (χ0v) is 19.9. The molecule has 0 radical (unpaired) electrons. The second-order valence-electron chi connectivity index (χ2n) is 9.81. The van der Waals surface area contributed by atoms with E-state index in [1.165, 1.54) is 18.5 Å². The van der Waals surface area contributed by atoms with Crippen LogP contribution in [0.2, 0.25) is 0 Å². The largest absolute Gasteiger partial charge is 0.416 e. The number of amides is 1. The van der Waals surface area contributed by atoms with Crippen LogP contribution >= 0.6 is 0 Å². The van der Waals surface area contributed by atoms with Gasteiger partial charge in [-0.25, -0.2) is 9.97 Å². The van der Waals surface area contributed by atoms with Gasteiger partial charge in [-0.05, 0) is 50.4 Å². The van der Waals surface area contributed by atoms with Gasteiger partial charge in [-0.15, -0.1) is 0 Å². The number of nitrogens with one attached hydrogen (secondary N) is 1. The molecule has 0 spiro atoms. The number of alkyl halides is 3. The number of hydrogen-bond acceptors (Lipinski definition) is 7. The fourth-order valence-electron chi connectivity index (χ4n) is 4.65. The first kappa shape index (κ1) is 26.1. The molecule has 1 amide bonds. The number of anilines is 2. The van der Waals surface area contributed by atoms with Gasteiger partial charge in [0.25, 0.3) is 0 Å². The summed E-state index contributed by atoms with van der Waals surface area (Å²) in [4.78, 5) is 22.9. The van der Waals surface area contributed by atoms with E-state index in [0.717, 1.165) is 25.0 Å². The molecule has 2 aromatic rings. The fourth-order valence-corrected chi connectivity index (χ4v) is 4.65. The van der Waals surface area contributed by atoms with Gasteiger partial charge in [-0.1, -0.05) is 12.1 Å². The number of aliphatic hydroxyl groups is 1. The van der Waals surface area contributed by atoms with Crippen molar-refractivity contribution in [3.63, 3.8) is 0 Å². The van der Waals surface area contributed by atoms with Gasteiger partial charge in [-0.3, -0.25) is 9.69 Å². The van der Waals surface area contributed by atoms with Crippen molar-refractivity contribution < 1.29 is 27.5 Å². The molecule has 1 aromatic carbocycles. The van der Waals surface area contributed by atoms with E-state index in [-0.39, 0.29) is 49.8 Å². The van der Waals surface area contributed by atoms with Crippen LogP contribution in [0.3, 0.4) is 0 Å². The van der Waals surface area contributed by atoms with Crippen LogP contribution in [0.1, 0.15) is 37.3 Å². The topological polar surface area (TPSA) is 108 Å². The SMILES string of the molecule is C[C@]1(O)CN(CC(N)=O)CCC1CNc1ncnc(N(Cc2ccc(C(F)(F)F)cc2)C2CC2)c1F. The zero-order valence-electron chi connectivity index (χ0n) is 19.9. The average Bonchev–Trinajstić information content (AvgIpc) is 3.62. The third-order valence-corrected chi connectivity index (χ3v) is 6.78. The molecule has 1 saturated carbocycles. The summed E-state index contributed by atoms with van der Waals surface area (Å²) in [5, 5.41) is 13.9. The Hall–Kier alpha value is -2.99. The second kappa shape index (κ2) is 10.2. The van der Waals surface area contributed by atoms with Gasteiger partial charge in [0.1, 0.15) is 6.33 Å². The van der Waals surface area contributed by atoms with Gasteiger partial charge in [-0.2, -0.15) is 17.6 Å². The van der Waals surface area contributed by atoms with Crippen molar-refractivity contribution in [1.29, 1.82) is 0 Å². The lowest BCUT2D eigenvalue weighted by Gasteiger charge is -2.42. The van der Waals surface area contributed by atoms with Crippen molar-refractivity contribution in [3.8, 4) is 0 Å². The summed E-state index contributed by atoms with van der Waals surface area (Å²) in [5.41, 5.74) is 4.02. The number of hydrogen-bond donors (Lipinski definition) is 3. The van der Waals surface area contributed by atoms with Crippen LogP contribution < -0.4 is 16.0 Å². The smallest absolute Gasteiger partial charge is 0.388 e. The van der Waals surface area contributed by atoms with E-state index in [0.29, 0.717) is 18.5 Å². The zero-order chi connectivity index (χ0) is 26.1. The number of carbonyl (C=O) groups excluding carboxylic acids is 1. The summed E-state index contributed by atoms with van der Waals surface area (Å²) in [6.07, 6.45) is -0.929. The summed E-state index contributed by atoms with van der Waals surface area (Å²) in [7, 11) is 0. The molecular formula is C24H30F4N6O2. The van der Waals surface area contributed by atoms with Gasteiger partial charge in [0.05, 0.1) is 17.7 Å². The van der Waals surface area contributed by atoms with E-state index in [9.17, 15) is 23.1 Å². The van der Waals surface area contributed by atoms with Crippen molar-refractivity contribution in [2.45, 2.75) is 50.6 Å². The Bertz CT molecular complexity index is 1080. The number of aromatic nitrogens is 2. The van der Waals surface area contributed by atoms with Crippen LogP contribution in [0.15, 0.2) is 30.6 Å². The van der Waals surface area contributed by atoms with E-state index in [1.54, 1.807) is 16.7 Å². The Morgan fingerprint density at radius 1 is 1.25 bits per heavy atom. The molecule has 2 fully saturated rings. The van der Waals surface area contributed by atoms with Crippen molar-refractivity contribution in [2.75, 3.05) is 36.4 Å². The molecule has 1 unspecified atom stereocenters. The Labute approximate surface area is 206 Å². The summed E-state index contributed by atoms with van der Waals surface area (Å²) < 4.78 is 54.1. The maximum Gasteiger partial charge on any atom is 0.416 e. The maximum absolute atomic E-state index is 15.5. The second-order valence-corrected chi connectivity index (χ2v) is 9.81. The molecule has 1 aliphatic heterocycles. The molecule has 12 heteroatoms. The first-order valence-electron chi connectivity index (χ1n) is 11.8. The van der Waals surface area contributed by atoms with Crippen molar-refractivity contribution >= 4 is 17.5 Å². The highest BCUT2D eigenvalue weighted by Gasteiger charge is 2.38. The van der Waals surface area contributed by atoms with E-state index in [4.69, 9.17) is 5.73 Å². The van der Waals surface area contributed by atoms with Gasteiger partial charge < -0.3 is 21.1 Å². The molecule has 2 heterocycles. The number of β-amino-alcohol motifs (C(OH)–C–C–N with tert-alkyl or cyclic N) is 1. The summed E-state index contributed by atoms with van der Waals surface area (Å²) in [5.74, 6) is -1.26. The van der Waals surface area contributed by atoms with Gasteiger partial charge in [0.2, 0.25) is 11.7 Å². The highest BCUT2D eigenvalue weighted by Crippen LogP contribution is 2.36. The number of nitrogens with two attached hydrogens (primary N) is 1. The molecule has 2 atom stereocenters. The highest BCUT2D eigenvalue weighted by atomic mass is 19.4.